The molecule has 0 saturated carbocycles. The highest BCUT2D eigenvalue weighted by Gasteiger charge is 2.13. The summed E-state index contributed by atoms with van der Waals surface area (Å²) in [6.07, 6.45) is 1.55. The molecular weight excluding hydrogens is 307 g/mol. The van der Waals surface area contributed by atoms with Crippen LogP contribution in [0.3, 0.4) is 0 Å². The molecule has 0 N–H and O–H groups in total. The van der Waals surface area contributed by atoms with Crippen LogP contribution in [0.25, 0.3) is 0 Å². The Morgan fingerprint density at radius 2 is 2.00 bits per heavy atom. The second-order valence-corrected chi connectivity index (χ2v) is 6.07. The molecular formula is C16H18Cl2N2O. The minimum Gasteiger partial charge on any atom is -0.299 e. The van der Waals surface area contributed by atoms with E-state index in [1.54, 1.807) is 12.1 Å². The number of rotatable bonds is 5. The fourth-order valence-corrected chi connectivity index (χ4v) is 2.88. The molecule has 1 aromatic carbocycles. The van der Waals surface area contributed by atoms with E-state index >= 15 is 0 Å². The maximum atomic E-state index is 12.1. The number of halogens is 2. The van der Waals surface area contributed by atoms with Gasteiger partial charge in [0.05, 0.1) is 5.69 Å². The smallest absolute Gasteiger partial charge is 0.137 e. The third-order valence-corrected chi connectivity index (χ3v) is 4.30. The van der Waals surface area contributed by atoms with Gasteiger partial charge >= 0.3 is 0 Å². The maximum Gasteiger partial charge on any atom is 0.137 e. The minimum atomic E-state index is 0.168. The first-order chi connectivity index (χ1) is 9.88. The van der Waals surface area contributed by atoms with E-state index in [4.69, 9.17) is 23.2 Å². The zero-order chi connectivity index (χ0) is 15.6. The van der Waals surface area contributed by atoms with Crippen molar-refractivity contribution in [2.75, 3.05) is 0 Å². The van der Waals surface area contributed by atoms with E-state index in [0.29, 0.717) is 22.9 Å². The summed E-state index contributed by atoms with van der Waals surface area (Å²) in [7, 11) is 1.92. The van der Waals surface area contributed by atoms with Crippen LogP contribution in [0, 0.1) is 13.8 Å². The van der Waals surface area contributed by atoms with E-state index in [0.717, 1.165) is 28.9 Å². The van der Waals surface area contributed by atoms with Crippen LogP contribution in [-0.2, 0) is 24.7 Å². The minimum absolute atomic E-state index is 0.168. The lowest BCUT2D eigenvalue weighted by Gasteiger charge is -2.05. The monoisotopic (exact) mass is 324 g/mol. The SMILES string of the molecule is Cc1nn(C)c(C)c1CCC(=O)Cc1ccc(Cl)cc1Cl. The van der Waals surface area contributed by atoms with E-state index in [1.165, 1.54) is 0 Å². The first-order valence-electron chi connectivity index (χ1n) is 6.83. The highest BCUT2D eigenvalue weighted by Crippen LogP contribution is 2.22. The number of Topliss-reactive ketones (excluding diaryl/α,β-unsaturated/α-hetero) is 1. The molecule has 0 bridgehead atoms. The van der Waals surface area contributed by atoms with E-state index in [-0.39, 0.29) is 5.78 Å². The molecule has 0 atom stereocenters. The summed E-state index contributed by atoms with van der Waals surface area (Å²) in [5.74, 6) is 0.168. The van der Waals surface area contributed by atoms with Crippen molar-refractivity contribution in [2.45, 2.75) is 33.1 Å². The van der Waals surface area contributed by atoms with Crippen LogP contribution in [0.2, 0.25) is 10.0 Å². The Bertz CT molecular complexity index is 677. The van der Waals surface area contributed by atoms with Gasteiger partial charge in [0.2, 0.25) is 0 Å². The number of carbonyl (C=O) groups is 1. The number of nitrogens with zero attached hydrogens (tertiary/aromatic N) is 2. The predicted octanol–water partition coefficient (Wildman–Crippen LogP) is 4.09. The van der Waals surface area contributed by atoms with Gasteiger partial charge in [-0.15, -0.1) is 0 Å². The summed E-state index contributed by atoms with van der Waals surface area (Å²) in [6.45, 7) is 4.00. The van der Waals surface area contributed by atoms with Crippen molar-refractivity contribution < 1.29 is 4.79 Å². The Labute approximate surface area is 134 Å². The van der Waals surface area contributed by atoms with Crippen molar-refractivity contribution >= 4 is 29.0 Å². The van der Waals surface area contributed by atoms with E-state index in [1.807, 2.05) is 31.6 Å². The summed E-state index contributed by atoms with van der Waals surface area (Å²) in [4.78, 5) is 12.1. The average Bonchev–Trinajstić information content (AvgIpc) is 2.65. The number of benzene rings is 1. The zero-order valence-electron chi connectivity index (χ0n) is 12.4. The van der Waals surface area contributed by atoms with Gasteiger partial charge in [0.25, 0.3) is 0 Å². The Morgan fingerprint density at radius 1 is 1.29 bits per heavy atom. The highest BCUT2D eigenvalue weighted by atomic mass is 35.5. The molecule has 1 aromatic heterocycles. The molecule has 2 rings (SSSR count). The van der Waals surface area contributed by atoms with Crippen LogP contribution in [0.1, 0.15) is 28.9 Å². The number of hydrogen-bond donors (Lipinski definition) is 0. The van der Waals surface area contributed by atoms with Crippen LogP contribution in [0.15, 0.2) is 18.2 Å². The van der Waals surface area contributed by atoms with Gasteiger partial charge in [-0.25, -0.2) is 0 Å². The van der Waals surface area contributed by atoms with Gasteiger partial charge in [-0.1, -0.05) is 29.3 Å². The van der Waals surface area contributed by atoms with Gasteiger partial charge < -0.3 is 0 Å². The van der Waals surface area contributed by atoms with Crippen molar-refractivity contribution in [3.05, 3.63) is 50.8 Å². The summed E-state index contributed by atoms with van der Waals surface area (Å²) in [5, 5.41) is 5.49. The first-order valence-corrected chi connectivity index (χ1v) is 7.58. The van der Waals surface area contributed by atoms with Crippen molar-refractivity contribution in [1.29, 1.82) is 0 Å². The summed E-state index contributed by atoms with van der Waals surface area (Å²) < 4.78 is 1.85. The molecule has 1 heterocycles. The van der Waals surface area contributed by atoms with E-state index in [2.05, 4.69) is 5.10 Å². The van der Waals surface area contributed by atoms with Crippen molar-refractivity contribution in [3.8, 4) is 0 Å². The molecule has 0 amide bonds. The van der Waals surface area contributed by atoms with E-state index in [9.17, 15) is 4.79 Å². The van der Waals surface area contributed by atoms with Gasteiger partial charge in [-0.2, -0.15) is 5.10 Å². The number of carbonyl (C=O) groups excluding carboxylic acids is 1. The van der Waals surface area contributed by atoms with Crippen LogP contribution in [0.4, 0.5) is 0 Å². The van der Waals surface area contributed by atoms with Crippen LogP contribution in [-0.4, -0.2) is 15.6 Å². The molecule has 112 valence electrons. The number of aryl methyl sites for hydroxylation is 2. The predicted molar refractivity (Wildman–Crippen MR) is 86.2 cm³/mol. The molecule has 3 nitrogen and oxygen atoms in total. The van der Waals surface area contributed by atoms with Gasteiger partial charge in [-0.3, -0.25) is 9.48 Å². The Kier molecular flexibility index (Phi) is 5.07. The molecule has 0 fully saturated rings. The van der Waals surface area contributed by atoms with Crippen molar-refractivity contribution in [2.24, 2.45) is 7.05 Å². The molecule has 0 unspecified atom stereocenters. The molecule has 0 saturated heterocycles. The first kappa shape index (κ1) is 16.1. The summed E-state index contributed by atoms with van der Waals surface area (Å²) in [5.41, 5.74) is 4.09. The quantitative estimate of drug-likeness (QED) is 0.830. The number of hydrogen-bond acceptors (Lipinski definition) is 2. The number of aromatic nitrogens is 2. The lowest BCUT2D eigenvalue weighted by Crippen LogP contribution is -2.06. The topological polar surface area (TPSA) is 34.9 Å². The summed E-state index contributed by atoms with van der Waals surface area (Å²) >= 11 is 11.9. The Hall–Kier alpha value is -1.32. The maximum absolute atomic E-state index is 12.1. The fourth-order valence-electron chi connectivity index (χ4n) is 2.41. The Morgan fingerprint density at radius 3 is 2.57 bits per heavy atom. The van der Waals surface area contributed by atoms with E-state index < -0.39 is 0 Å². The highest BCUT2D eigenvalue weighted by molar-refractivity contribution is 6.35. The average molecular weight is 325 g/mol. The molecule has 0 aliphatic carbocycles. The third kappa shape index (κ3) is 3.86. The van der Waals surface area contributed by atoms with Gasteiger partial charge in [0.15, 0.2) is 0 Å². The molecule has 0 spiro atoms. The normalized spacial score (nSPS) is 10.9. The van der Waals surface area contributed by atoms with Gasteiger partial charge in [-0.05, 0) is 43.5 Å². The standard InChI is InChI=1S/C16H18Cl2N2O/c1-10-15(11(2)20(3)19-10)7-6-14(21)8-12-4-5-13(17)9-16(12)18/h4-5,9H,6-8H2,1-3H3. The second-order valence-electron chi connectivity index (χ2n) is 5.22. The van der Waals surface area contributed by atoms with Crippen LogP contribution >= 0.6 is 23.2 Å². The largest absolute Gasteiger partial charge is 0.299 e. The summed E-state index contributed by atoms with van der Waals surface area (Å²) in [6, 6.07) is 5.23. The molecule has 0 aliphatic rings. The van der Waals surface area contributed by atoms with Crippen molar-refractivity contribution in [3.63, 3.8) is 0 Å². The molecule has 5 heteroatoms. The van der Waals surface area contributed by atoms with Crippen LogP contribution < -0.4 is 0 Å². The Balaban J connectivity index is 1.99. The van der Waals surface area contributed by atoms with Crippen LogP contribution in [0.5, 0.6) is 0 Å². The molecule has 0 aliphatic heterocycles. The van der Waals surface area contributed by atoms with Crippen molar-refractivity contribution in [1.82, 2.24) is 9.78 Å². The lowest BCUT2D eigenvalue weighted by molar-refractivity contribution is -0.118. The van der Waals surface area contributed by atoms with Gasteiger partial charge in [0, 0.05) is 35.6 Å². The molecule has 0 radical (unpaired) electrons. The van der Waals surface area contributed by atoms with Gasteiger partial charge in [0.1, 0.15) is 5.78 Å². The molecule has 21 heavy (non-hydrogen) atoms. The second kappa shape index (κ2) is 6.63. The fraction of sp³-hybridized carbons (Fsp3) is 0.375. The zero-order valence-corrected chi connectivity index (χ0v) is 13.9. The molecule has 2 aromatic rings. The lowest BCUT2D eigenvalue weighted by atomic mass is 10.0. The third-order valence-electron chi connectivity index (χ3n) is 3.72. The number of ketones is 1.